The average molecular weight is 418 g/mol. The van der Waals surface area contributed by atoms with Crippen LogP contribution in [0, 0.1) is 13.8 Å². The second-order valence-corrected chi connectivity index (χ2v) is 7.97. The minimum atomic E-state index is -0.458. The van der Waals surface area contributed by atoms with Gasteiger partial charge in [-0.3, -0.25) is 14.6 Å². The molecule has 0 radical (unpaired) electrons. The van der Waals surface area contributed by atoms with Gasteiger partial charge in [-0.05, 0) is 75.6 Å². The molecule has 7 nitrogen and oxygen atoms in total. The highest BCUT2D eigenvalue weighted by Gasteiger charge is 2.32. The smallest absolute Gasteiger partial charge is 0.247 e. The quantitative estimate of drug-likeness (QED) is 0.690. The van der Waals surface area contributed by atoms with E-state index in [4.69, 9.17) is 0 Å². The number of piperidine rings is 1. The Bertz CT molecular complexity index is 1060. The molecular weight excluding hydrogens is 390 g/mol. The van der Waals surface area contributed by atoms with E-state index in [-0.39, 0.29) is 18.2 Å². The summed E-state index contributed by atoms with van der Waals surface area (Å²) in [6.07, 6.45) is 4.40. The van der Waals surface area contributed by atoms with Crippen molar-refractivity contribution >= 4 is 17.5 Å². The number of rotatable bonds is 5. The summed E-state index contributed by atoms with van der Waals surface area (Å²) in [5.41, 5.74) is 4.38. The lowest BCUT2D eigenvalue weighted by atomic mass is 10.0. The molecule has 160 valence electrons. The van der Waals surface area contributed by atoms with Crippen LogP contribution in [0.4, 0.5) is 5.69 Å². The number of pyridine rings is 1. The number of nitrogens with zero attached hydrogens (tertiary/aromatic N) is 4. The Kier molecular flexibility index (Phi) is 6.11. The van der Waals surface area contributed by atoms with E-state index in [1.54, 1.807) is 11.1 Å². The number of likely N-dealkylation sites (tertiary alicyclic amines) is 1. The molecule has 2 aromatic heterocycles. The van der Waals surface area contributed by atoms with Crippen LogP contribution in [0.1, 0.15) is 36.3 Å². The van der Waals surface area contributed by atoms with E-state index in [9.17, 15) is 9.59 Å². The van der Waals surface area contributed by atoms with Crippen molar-refractivity contribution in [2.45, 2.75) is 45.6 Å². The van der Waals surface area contributed by atoms with E-state index < -0.39 is 6.04 Å². The number of aromatic nitrogens is 3. The van der Waals surface area contributed by atoms with Gasteiger partial charge in [0.25, 0.3) is 0 Å². The lowest BCUT2D eigenvalue weighted by molar-refractivity contribution is -0.139. The third-order valence-electron chi connectivity index (χ3n) is 5.57. The lowest BCUT2D eigenvalue weighted by Crippen LogP contribution is -2.50. The minimum Gasteiger partial charge on any atom is -0.330 e. The van der Waals surface area contributed by atoms with Gasteiger partial charge in [-0.2, -0.15) is 5.10 Å². The summed E-state index contributed by atoms with van der Waals surface area (Å²) in [6, 6.07) is 14.7. The first kappa shape index (κ1) is 20.8. The molecule has 1 aliphatic heterocycles. The number of carbonyl (C=O) groups is 2. The number of nitrogens with one attached hydrogen (secondary N) is 1. The second-order valence-electron chi connectivity index (χ2n) is 7.97. The van der Waals surface area contributed by atoms with Gasteiger partial charge in [0.1, 0.15) is 6.04 Å². The van der Waals surface area contributed by atoms with Crippen LogP contribution in [0.3, 0.4) is 0 Å². The van der Waals surface area contributed by atoms with Gasteiger partial charge < -0.3 is 10.2 Å². The Labute approximate surface area is 182 Å². The Morgan fingerprint density at radius 3 is 2.58 bits per heavy atom. The van der Waals surface area contributed by atoms with Gasteiger partial charge in [0.05, 0.1) is 17.8 Å². The highest BCUT2D eigenvalue weighted by atomic mass is 16.2. The molecule has 0 aliphatic carbocycles. The first-order valence-electron chi connectivity index (χ1n) is 10.7. The van der Waals surface area contributed by atoms with E-state index in [0.717, 1.165) is 35.6 Å². The zero-order valence-corrected chi connectivity index (χ0v) is 17.9. The van der Waals surface area contributed by atoms with E-state index >= 15 is 0 Å². The first-order chi connectivity index (χ1) is 15.0. The summed E-state index contributed by atoms with van der Waals surface area (Å²) in [6.45, 7) is 4.57. The summed E-state index contributed by atoms with van der Waals surface area (Å²) in [5, 5.41) is 7.47. The van der Waals surface area contributed by atoms with E-state index in [1.165, 1.54) is 0 Å². The number of amides is 2. The van der Waals surface area contributed by atoms with Gasteiger partial charge in [0.2, 0.25) is 11.8 Å². The van der Waals surface area contributed by atoms with Crippen molar-refractivity contribution in [2.75, 3.05) is 11.9 Å². The number of carbonyl (C=O) groups excluding carboxylic acids is 2. The van der Waals surface area contributed by atoms with Gasteiger partial charge in [-0.25, -0.2) is 4.68 Å². The standard InChI is InChI=1S/C24H27N5O2/c1-17-15-18(2)29(27-17)21-11-9-19(10-12-21)26-24(31)22-8-4-6-14-28(22)23(30)16-20-7-3-5-13-25-20/h3,5,7,9-13,15,22H,4,6,8,14,16H2,1-2H3,(H,26,31). The Hall–Kier alpha value is -3.48. The Morgan fingerprint density at radius 2 is 1.90 bits per heavy atom. The van der Waals surface area contributed by atoms with E-state index in [0.29, 0.717) is 18.7 Å². The fraction of sp³-hybridized carbons (Fsp3) is 0.333. The number of anilines is 1. The van der Waals surface area contributed by atoms with Gasteiger partial charge in [-0.15, -0.1) is 0 Å². The number of benzene rings is 1. The van der Waals surface area contributed by atoms with Crippen LogP contribution >= 0.6 is 0 Å². The van der Waals surface area contributed by atoms with Gasteiger partial charge >= 0.3 is 0 Å². The van der Waals surface area contributed by atoms with Crippen molar-refractivity contribution in [1.29, 1.82) is 0 Å². The topological polar surface area (TPSA) is 80.1 Å². The molecular formula is C24H27N5O2. The van der Waals surface area contributed by atoms with Crippen LogP contribution in [0.15, 0.2) is 54.7 Å². The molecule has 1 unspecified atom stereocenters. The monoisotopic (exact) mass is 417 g/mol. The summed E-state index contributed by atoms with van der Waals surface area (Å²) in [5.74, 6) is -0.202. The normalized spacial score (nSPS) is 16.2. The van der Waals surface area contributed by atoms with Crippen LogP contribution in [0.2, 0.25) is 0 Å². The molecule has 1 N–H and O–H groups in total. The lowest BCUT2D eigenvalue weighted by Gasteiger charge is -2.34. The SMILES string of the molecule is Cc1cc(C)n(-c2ccc(NC(=O)C3CCCCN3C(=O)Cc3ccccn3)cc2)n1. The third kappa shape index (κ3) is 4.82. The van der Waals surface area contributed by atoms with Gasteiger partial charge in [0, 0.05) is 29.8 Å². The highest BCUT2D eigenvalue weighted by molar-refractivity contribution is 5.97. The molecule has 1 aliphatic rings. The maximum atomic E-state index is 13.0. The van der Waals surface area contributed by atoms with Crippen LogP contribution in [0.25, 0.3) is 5.69 Å². The van der Waals surface area contributed by atoms with Crippen molar-refractivity contribution in [3.63, 3.8) is 0 Å². The maximum Gasteiger partial charge on any atom is 0.247 e. The van der Waals surface area contributed by atoms with E-state index in [1.807, 2.05) is 67.1 Å². The largest absolute Gasteiger partial charge is 0.330 e. The third-order valence-corrected chi connectivity index (χ3v) is 5.57. The summed E-state index contributed by atoms with van der Waals surface area (Å²) in [4.78, 5) is 31.8. The Morgan fingerprint density at radius 1 is 1.10 bits per heavy atom. The van der Waals surface area contributed by atoms with Crippen molar-refractivity contribution in [3.8, 4) is 5.69 Å². The van der Waals surface area contributed by atoms with Crippen molar-refractivity contribution < 1.29 is 9.59 Å². The van der Waals surface area contributed by atoms with E-state index in [2.05, 4.69) is 15.4 Å². The van der Waals surface area contributed by atoms with Crippen LogP contribution < -0.4 is 5.32 Å². The van der Waals surface area contributed by atoms with Crippen molar-refractivity contribution in [3.05, 3.63) is 71.8 Å². The fourth-order valence-electron chi connectivity index (χ4n) is 4.06. The number of hydrogen-bond acceptors (Lipinski definition) is 4. The molecule has 3 heterocycles. The second kappa shape index (κ2) is 9.12. The summed E-state index contributed by atoms with van der Waals surface area (Å²) >= 11 is 0. The van der Waals surface area contributed by atoms with Gasteiger partial charge in [-0.1, -0.05) is 6.07 Å². The number of aryl methyl sites for hydroxylation is 2. The molecule has 4 rings (SSSR count). The average Bonchev–Trinajstić information content (AvgIpc) is 3.12. The van der Waals surface area contributed by atoms with Crippen molar-refractivity contribution in [1.82, 2.24) is 19.7 Å². The van der Waals surface area contributed by atoms with Crippen LogP contribution in [-0.4, -0.2) is 44.1 Å². The molecule has 1 saturated heterocycles. The molecule has 2 amide bonds. The predicted octanol–water partition coefficient (Wildman–Crippen LogP) is 3.45. The first-order valence-corrected chi connectivity index (χ1v) is 10.7. The molecule has 1 aromatic carbocycles. The maximum absolute atomic E-state index is 13.0. The fourth-order valence-corrected chi connectivity index (χ4v) is 4.06. The van der Waals surface area contributed by atoms with Gasteiger partial charge in [0.15, 0.2) is 0 Å². The van der Waals surface area contributed by atoms with Crippen LogP contribution in [-0.2, 0) is 16.0 Å². The van der Waals surface area contributed by atoms with Crippen molar-refractivity contribution in [2.24, 2.45) is 0 Å². The zero-order chi connectivity index (χ0) is 21.8. The molecule has 7 heteroatoms. The zero-order valence-electron chi connectivity index (χ0n) is 17.9. The minimum absolute atomic E-state index is 0.0570. The highest BCUT2D eigenvalue weighted by Crippen LogP contribution is 2.21. The molecule has 1 fully saturated rings. The summed E-state index contributed by atoms with van der Waals surface area (Å²) in [7, 11) is 0. The molecule has 31 heavy (non-hydrogen) atoms. The molecule has 0 spiro atoms. The molecule has 0 bridgehead atoms. The predicted molar refractivity (Wildman–Crippen MR) is 119 cm³/mol. The van der Waals surface area contributed by atoms with Crippen LogP contribution in [0.5, 0.6) is 0 Å². The molecule has 3 aromatic rings. The summed E-state index contributed by atoms with van der Waals surface area (Å²) < 4.78 is 1.88. The molecule has 1 atom stereocenters. The number of hydrogen-bond donors (Lipinski definition) is 1. The Balaban J connectivity index is 1.43. The molecule has 0 saturated carbocycles.